The third-order valence-corrected chi connectivity index (χ3v) is 3.42. The molecular weight excluding hydrogens is 204 g/mol. The van der Waals surface area contributed by atoms with Gasteiger partial charge in [0.15, 0.2) is 0 Å². The van der Waals surface area contributed by atoms with Gasteiger partial charge in [0.05, 0.1) is 6.07 Å². The van der Waals surface area contributed by atoms with E-state index in [4.69, 9.17) is 5.26 Å². The Labute approximate surface area is 98.8 Å². The molecule has 0 radical (unpaired) electrons. The van der Waals surface area contributed by atoms with E-state index in [0.717, 1.165) is 25.1 Å². The maximum absolute atomic E-state index is 9.12. The first kappa shape index (κ1) is 14.8. The Morgan fingerprint density at radius 1 is 1.27 bits per heavy atom. The van der Waals surface area contributed by atoms with Crippen LogP contribution in [0.5, 0.6) is 0 Å². The number of nitrogens with zero attached hydrogens (tertiary/aromatic N) is 1. The molecule has 0 spiro atoms. The number of hydrogen-bond acceptors (Lipinski definition) is 3. The highest BCUT2D eigenvalue weighted by Crippen LogP contribution is 2.25. The minimum absolute atomic E-state index is 0.293. The lowest BCUT2D eigenvalue weighted by Crippen LogP contribution is -2.42. The summed E-state index contributed by atoms with van der Waals surface area (Å²) in [6.45, 7) is 11.7. The SMILES string of the molecule is CCCNC(C)(C#N)CCSC(C)(C)C. The van der Waals surface area contributed by atoms with Crippen LogP contribution in [-0.2, 0) is 0 Å². The number of nitrogens with one attached hydrogen (secondary N) is 1. The van der Waals surface area contributed by atoms with E-state index < -0.39 is 0 Å². The smallest absolute Gasteiger partial charge is 0.104 e. The van der Waals surface area contributed by atoms with E-state index in [1.807, 2.05) is 18.7 Å². The maximum Gasteiger partial charge on any atom is 0.104 e. The van der Waals surface area contributed by atoms with Gasteiger partial charge in [0, 0.05) is 4.75 Å². The first-order chi connectivity index (χ1) is 6.83. The van der Waals surface area contributed by atoms with Crippen molar-refractivity contribution in [3.05, 3.63) is 0 Å². The van der Waals surface area contributed by atoms with E-state index >= 15 is 0 Å². The Morgan fingerprint density at radius 3 is 2.27 bits per heavy atom. The zero-order valence-corrected chi connectivity index (χ0v) is 11.5. The topological polar surface area (TPSA) is 35.8 Å². The second-order valence-corrected chi connectivity index (χ2v) is 7.00. The van der Waals surface area contributed by atoms with Crippen molar-refractivity contribution in [2.24, 2.45) is 0 Å². The molecule has 0 aliphatic heterocycles. The first-order valence-corrected chi connectivity index (χ1v) is 6.62. The zero-order chi connectivity index (χ0) is 11.9. The summed E-state index contributed by atoms with van der Waals surface area (Å²) in [5.41, 5.74) is -0.353. The lowest BCUT2D eigenvalue weighted by Gasteiger charge is -2.25. The third-order valence-electron chi connectivity index (χ3n) is 2.15. The van der Waals surface area contributed by atoms with Gasteiger partial charge in [-0.2, -0.15) is 17.0 Å². The molecule has 0 saturated heterocycles. The second-order valence-electron chi connectivity index (χ2n) is 5.08. The summed E-state index contributed by atoms with van der Waals surface area (Å²) in [4.78, 5) is 0. The van der Waals surface area contributed by atoms with Gasteiger partial charge in [-0.05, 0) is 32.1 Å². The minimum Gasteiger partial charge on any atom is -0.300 e. The van der Waals surface area contributed by atoms with Crippen LogP contribution in [0.25, 0.3) is 0 Å². The molecule has 0 amide bonds. The highest BCUT2D eigenvalue weighted by Gasteiger charge is 2.23. The van der Waals surface area contributed by atoms with Crippen LogP contribution in [0.4, 0.5) is 0 Å². The number of thioether (sulfide) groups is 1. The van der Waals surface area contributed by atoms with Gasteiger partial charge in [0.1, 0.15) is 5.54 Å². The van der Waals surface area contributed by atoms with E-state index in [1.165, 1.54) is 0 Å². The van der Waals surface area contributed by atoms with Crippen molar-refractivity contribution in [3.63, 3.8) is 0 Å². The van der Waals surface area contributed by atoms with Crippen molar-refractivity contribution in [1.82, 2.24) is 5.32 Å². The molecule has 3 heteroatoms. The maximum atomic E-state index is 9.12. The Morgan fingerprint density at radius 2 is 1.87 bits per heavy atom. The average molecular weight is 228 g/mol. The molecule has 88 valence electrons. The van der Waals surface area contributed by atoms with Crippen LogP contribution in [-0.4, -0.2) is 22.6 Å². The molecule has 0 bridgehead atoms. The van der Waals surface area contributed by atoms with E-state index in [9.17, 15) is 0 Å². The van der Waals surface area contributed by atoms with Crippen LogP contribution in [0.1, 0.15) is 47.5 Å². The summed E-state index contributed by atoms with van der Waals surface area (Å²) < 4.78 is 0.293. The predicted octanol–water partition coefficient (Wildman–Crippen LogP) is 3.19. The van der Waals surface area contributed by atoms with Crippen LogP contribution >= 0.6 is 11.8 Å². The van der Waals surface area contributed by atoms with Crippen LogP contribution in [0, 0.1) is 11.3 Å². The van der Waals surface area contributed by atoms with Crippen molar-refractivity contribution in [1.29, 1.82) is 5.26 Å². The average Bonchev–Trinajstić information content (AvgIpc) is 2.13. The standard InChI is InChI=1S/C12H24N2S/c1-6-8-14-12(5,10-13)7-9-15-11(2,3)4/h14H,6-9H2,1-5H3. The third kappa shape index (κ3) is 7.70. The largest absolute Gasteiger partial charge is 0.300 e. The van der Waals surface area contributed by atoms with Crippen LogP contribution < -0.4 is 5.32 Å². The van der Waals surface area contributed by atoms with Crippen molar-refractivity contribution in [3.8, 4) is 6.07 Å². The highest BCUT2D eigenvalue weighted by molar-refractivity contribution is 8.00. The quantitative estimate of drug-likeness (QED) is 0.758. The highest BCUT2D eigenvalue weighted by atomic mass is 32.2. The molecular formula is C12H24N2S. The van der Waals surface area contributed by atoms with E-state index in [1.54, 1.807) is 0 Å². The number of nitriles is 1. The van der Waals surface area contributed by atoms with Crippen molar-refractivity contribution in [2.75, 3.05) is 12.3 Å². The zero-order valence-electron chi connectivity index (χ0n) is 10.7. The molecule has 0 heterocycles. The molecule has 0 aromatic carbocycles. The molecule has 0 aromatic heterocycles. The predicted molar refractivity (Wildman–Crippen MR) is 69.1 cm³/mol. The van der Waals surface area contributed by atoms with Gasteiger partial charge in [-0.15, -0.1) is 0 Å². The molecule has 1 unspecified atom stereocenters. The fraction of sp³-hybridized carbons (Fsp3) is 0.917. The Balaban J connectivity index is 3.95. The second kappa shape index (κ2) is 6.40. The minimum atomic E-state index is -0.353. The van der Waals surface area contributed by atoms with Gasteiger partial charge in [0.2, 0.25) is 0 Å². The Bertz CT molecular complexity index is 215. The first-order valence-electron chi connectivity index (χ1n) is 5.63. The van der Waals surface area contributed by atoms with Gasteiger partial charge in [-0.1, -0.05) is 27.7 Å². The molecule has 15 heavy (non-hydrogen) atoms. The summed E-state index contributed by atoms with van der Waals surface area (Å²) in [5.74, 6) is 1.03. The molecule has 1 atom stereocenters. The van der Waals surface area contributed by atoms with Gasteiger partial charge < -0.3 is 0 Å². The summed E-state index contributed by atoms with van der Waals surface area (Å²) in [6, 6.07) is 2.38. The Hall–Kier alpha value is -0.200. The van der Waals surface area contributed by atoms with Crippen molar-refractivity contribution in [2.45, 2.75) is 57.7 Å². The monoisotopic (exact) mass is 228 g/mol. The number of hydrogen-bond donors (Lipinski definition) is 1. The molecule has 0 rings (SSSR count). The van der Waals surface area contributed by atoms with Crippen molar-refractivity contribution >= 4 is 11.8 Å². The lowest BCUT2D eigenvalue weighted by molar-refractivity contribution is 0.437. The Kier molecular flexibility index (Phi) is 6.31. The van der Waals surface area contributed by atoms with Crippen molar-refractivity contribution < 1.29 is 0 Å². The molecule has 1 N–H and O–H groups in total. The van der Waals surface area contributed by atoms with Crippen LogP contribution in [0.3, 0.4) is 0 Å². The molecule has 0 fully saturated rings. The number of rotatable bonds is 6. The summed E-state index contributed by atoms with van der Waals surface area (Å²) in [5, 5.41) is 12.4. The van der Waals surface area contributed by atoms with E-state index in [0.29, 0.717) is 4.75 Å². The summed E-state index contributed by atoms with van der Waals surface area (Å²) in [6.07, 6.45) is 1.98. The summed E-state index contributed by atoms with van der Waals surface area (Å²) in [7, 11) is 0. The van der Waals surface area contributed by atoms with E-state index in [2.05, 4.69) is 39.1 Å². The van der Waals surface area contributed by atoms with E-state index in [-0.39, 0.29) is 5.54 Å². The van der Waals surface area contributed by atoms with Crippen LogP contribution in [0.15, 0.2) is 0 Å². The molecule has 0 aliphatic carbocycles. The fourth-order valence-electron chi connectivity index (χ4n) is 1.15. The molecule has 0 aliphatic rings. The van der Waals surface area contributed by atoms with Gasteiger partial charge >= 0.3 is 0 Å². The normalized spacial score (nSPS) is 15.7. The molecule has 0 saturated carbocycles. The van der Waals surface area contributed by atoms with Crippen LogP contribution in [0.2, 0.25) is 0 Å². The summed E-state index contributed by atoms with van der Waals surface area (Å²) >= 11 is 1.92. The lowest BCUT2D eigenvalue weighted by atomic mass is 10.0. The van der Waals surface area contributed by atoms with Gasteiger partial charge in [0.25, 0.3) is 0 Å². The molecule has 2 nitrogen and oxygen atoms in total. The van der Waals surface area contributed by atoms with Gasteiger partial charge in [-0.3, -0.25) is 5.32 Å². The fourth-order valence-corrected chi connectivity index (χ4v) is 2.27. The van der Waals surface area contributed by atoms with Gasteiger partial charge in [-0.25, -0.2) is 0 Å². The molecule has 0 aromatic rings.